The van der Waals surface area contributed by atoms with Gasteiger partial charge >= 0.3 is 0 Å². The number of fused-ring (bicyclic) bond motifs is 1. The van der Waals surface area contributed by atoms with Gasteiger partial charge in [-0.1, -0.05) is 32.0 Å². The average molecular weight is 266 g/mol. The fourth-order valence-electron chi connectivity index (χ4n) is 3.52. The van der Waals surface area contributed by atoms with Gasteiger partial charge in [0.1, 0.15) is 7.05 Å². The molecule has 0 saturated heterocycles. The molecule has 0 atom stereocenters. The van der Waals surface area contributed by atoms with Crippen LogP contribution in [0.15, 0.2) is 36.5 Å². The largest absolute Gasteiger partial charge is 0.212 e. The molecule has 0 unspecified atom stereocenters. The fraction of sp³-hybridized carbons (Fsp3) is 0.421. The Hall–Kier alpha value is -1.63. The van der Waals surface area contributed by atoms with Crippen molar-refractivity contribution in [3.05, 3.63) is 53.2 Å². The van der Waals surface area contributed by atoms with Gasteiger partial charge in [-0.3, -0.25) is 0 Å². The Morgan fingerprint density at radius 2 is 1.90 bits per heavy atom. The molecule has 1 aromatic carbocycles. The number of aromatic nitrogens is 1. The molecular weight excluding hydrogens is 242 g/mol. The van der Waals surface area contributed by atoms with Gasteiger partial charge in [0, 0.05) is 17.2 Å². The number of nitrogens with zero attached hydrogens (tertiary/aromatic N) is 1. The predicted octanol–water partition coefficient (Wildman–Crippen LogP) is 4.10. The summed E-state index contributed by atoms with van der Waals surface area (Å²) in [4.78, 5) is 0. The second kappa shape index (κ2) is 4.73. The second-order valence-corrected chi connectivity index (χ2v) is 6.76. The van der Waals surface area contributed by atoms with E-state index in [2.05, 4.69) is 68.9 Å². The van der Waals surface area contributed by atoms with Crippen LogP contribution < -0.4 is 4.57 Å². The van der Waals surface area contributed by atoms with E-state index in [1.807, 2.05) is 0 Å². The first-order chi connectivity index (χ1) is 9.49. The van der Waals surface area contributed by atoms with Gasteiger partial charge in [-0.15, -0.1) is 0 Å². The van der Waals surface area contributed by atoms with Crippen molar-refractivity contribution in [2.75, 3.05) is 0 Å². The summed E-state index contributed by atoms with van der Waals surface area (Å²) in [7, 11) is 2.17. The van der Waals surface area contributed by atoms with E-state index >= 15 is 0 Å². The Kier molecular flexibility index (Phi) is 3.16. The van der Waals surface area contributed by atoms with Crippen LogP contribution in [0, 0.1) is 6.92 Å². The minimum atomic E-state index is 0.305. The van der Waals surface area contributed by atoms with Crippen LogP contribution in [0.25, 0.3) is 11.3 Å². The number of benzene rings is 1. The van der Waals surface area contributed by atoms with Crippen molar-refractivity contribution in [2.45, 2.75) is 45.4 Å². The van der Waals surface area contributed by atoms with Crippen molar-refractivity contribution in [1.82, 2.24) is 0 Å². The zero-order chi connectivity index (χ0) is 14.3. The minimum Gasteiger partial charge on any atom is -0.201 e. The molecule has 1 aliphatic carbocycles. The maximum absolute atomic E-state index is 2.43. The van der Waals surface area contributed by atoms with Crippen LogP contribution in [0.3, 0.4) is 0 Å². The van der Waals surface area contributed by atoms with E-state index in [0.717, 1.165) is 0 Å². The smallest absolute Gasteiger partial charge is 0.201 e. The van der Waals surface area contributed by atoms with Gasteiger partial charge < -0.3 is 0 Å². The molecule has 0 saturated carbocycles. The molecular formula is C19H24N+. The number of pyridine rings is 1. The van der Waals surface area contributed by atoms with Gasteiger partial charge in [-0.25, -0.2) is 4.57 Å². The van der Waals surface area contributed by atoms with E-state index < -0.39 is 0 Å². The topological polar surface area (TPSA) is 3.88 Å². The van der Waals surface area contributed by atoms with Crippen molar-refractivity contribution in [1.29, 1.82) is 0 Å². The van der Waals surface area contributed by atoms with E-state index in [1.165, 1.54) is 41.6 Å². The van der Waals surface area contributed by atoms with Crippen LogP contribution in [0.4, 0.5) is 0 Å². The summed E-state index contributed by atoms with van der Waals surface area (Å²) in [6.07, 6.45) is 6.17. The molecule has 0 amide bonds. The van der Waals surface area contributed by atoms with Gasteiger partial charge in [0.2, 0.25) is 5.69 Å². The maximum atomic E-state index is 2.43. The van der Waals surface area contributed by atoms with Gasteiger partial charge in [0.05, 0.1) is 0 Å². The molecule has 1 heteroatoms. The summed E-state index contributed by atoms with van der Waals surface area (Å²) in [5.74, 6) is 0. The molecule has 2 aromatic rings. The van der Waals surface area contributed by atoms with Crippen LogP contribution in [-0.4, -0.2) is 0 Å². The quantitative estimate of drug-likeness (QED) is 0.684. The van der Waals surface area contributed by atoms with Crippen LogP contribution in [0.2, 0.25) is 0 Å². The number of hydrogen-bond acceptors (Lipinski definition) is 0. The molecule has 0 spiro atoms. The summed E-state index contributed by atoms with van der Waals surface area (Å²) in [6, 6.07) is 11.1. The highest BCUT2D eigenvalue weighted by Gasteiger charge is 2.30. The lowest BCUT2D eigenvalue weighted by molar-refractivity contribution is -0.661. The minimum absolute atomic E-state index is 0.305. The van der Waals surface area contributed by atoms with Crippen molar-refractivity contribution < 1.29 is 4.57 Å². The third-order valence-corrected chi connectivity index (χ3v) is 4.75. The number of hydrogen-bond donors (Lipinski definition) is 0. The highest BCUT2D eigenvalue weighted by atomic mass is 14.9. The summed E-state index contributed by atoms with van der Waals surface area (Å²) < 4.78 is 2.29. The van der Waals surface area contributed by atoms with Crippen LogP contribution in [0.1, 0.15) is 43.4 Å². The molecule has 104 valence electrons. The molecule has 1 nitrogen and oxygen atoms in total. The molecule has 0 fully saturated rings. The second-order valence-electron chi connectivity index (χ2n) is 6.76. The van der Waals surface area contributed by atoms with Crippen molar-refractivity contribution >= 4 is 0 Å². The molecule has 0 aliphatic heterocycles. The first-order valence-corrected chi connectivity index (χ1v) is 7.58. The number of aryl methyl sites for hydroxylation is 3. The molecule has 1 aromatic heterocycles. The van der Waals surface area contributed by atoms with Crippen LogP contribution in [-0.2, 0) is 18.9 Å². The van der Waals surface area contributed by atoms with E-state index in [4.69, 9.17) is 0 Å². The van der Waals surface area contributed by atoms with Crippen molar-refractivity contribution in [2.24, 2.45) is 7.05 Å². The SMILES string of the molecule is Cc1ccccc1-c1cc2c(c[n+]1C)CCCC2(C)C. The lowest BCUT2D eigenvalue weighted by Gasteiger charge is -2.31. The van der Waals surface area contributed by atoms with E-state index in [0.29, 0.717) is 5.41 Å². The third-order valence-electron chi connectivity index (χ3n) is 4.75. The Balaban J connectivity index is 2.21. The lowest BCUT2D eigenvalue weighted by atomic mass is 9.73. The molecule has 1 aliphatic rings. The standard InChI is InChI=1S/C19H24N/c1-14-8-5-6-10-16(14)18-12-17-15(13-20(18)4)9-7-11-19(17,2)3/h5-6,8,10,12-13H,7,9,11H2,1-4H3/q+1. The molecule has 3 rings (SSSR count). The fourth-order valence-corrected chi connectivity index (χ4v) is 3.52. The zero-order valence-corrected chi connectivity index (χ0v) is 13.0. The molecule has 20 heavy (non-hydrogen) atoms. The van der Waals surface area contributed by atoms with Gasteiger partial charge in [0.25, 0.3) is 0 Å². The zero-order valence-electron chi connectivity index (χ0n) is 13.0. The third kappa shape index (κ3) is 2.15. The van der Waals surface area contributed by atoms with Crippen molar-refractivity contribution in [3.63, 3.8) is 0 Å². The molecule has 0 bridgehead atoms. The Morgan fingerprint density at radius 3 is 2.65 bits per heavy atom. The van der Waals surface area contributed by atoms with Crippen molar-refractivity contribution in [3.8, 4) is 11.3 Å². The Morgan fingerprint density at radius 1 is 1.15 bits per heavy atom. The highest BCUT2D eigenvalue weighted by molar-refractivity contribution is 5.62. The Bertz CT molecular complexity index is 653. The number of rotatable bonds is 1. The van der Waals surface area contributed by atoms with Gasteiger partial charge in [-0.05, 0) is 48.8 Å². The average Bonchev–Trinajstić information content (AvgIpc) is 2.39. The van der Waals surface area contributed by atoms with Crippen LogP contribution in [0.5, 0.6) is 0 Å². The van der Waals surface area contributed by atoms with E-state index in [1.54, 1.807) is 5.56 Å². The first kappa shape index (κ1) is 13.4. The molecule has 1 heterocycles. The van der Waals surface area contributed by atoms with Gasteiger partial charge in [-0.2, -0.15) is 0 Å². The summed E-state index contributed by atoms with van der Waals surface area (Å²) in [6.45, 7) is 6.96. The lowest BCUT2D eigenvalue weighted by Crippen LogP contribution is -2.35. The molecule has 0 radical (unpaired) electrons. The maximum Gasteiger partial charge on any atom is 0.212 e. The van der Waals surface area contributed by atoms with E-state index in [9.17, 15) is 0 Å². The highest BCUT2D eigenvalue weighted by Crippen LogP contribution is 2.37. The monoisotopic (exact) mass is 266 g/mol. The summed E-state index contributed by atoms with van der Waals surface area (Å²) in [5.41, 5.74) is 7.40. The van der Waals surface area contributed by atoms with E-state index in [-0.39, 0.29) is 0 Å². The predicted molar refractivity (Wildman–Crippen MR) is 83.8 cm³/mol. The summed E-state index contributed by atoms with van der Waals surface area (Å²) in [5, 5.41) is 0. The van der Waals surface area contributed by atoms with Gasteiger partial charge in [0.15, 0.2) is 6.20 Å². The van der Waals surface area contributed by atoms with Crippen LogP contribution >= 0.6 is 0 Å². The normalized spacial score (nSPS) is 16.8. The molecule has 0 N–H and O–H groups in total. The Labute approximate surface area is 122 Å². The summed E-state index contributed by atoms with van der Waals surface area (Å²) >= 11 is 0. The first-order valence-electron chi connectivity index (χ1n) is 7.58.